The van der Waals surface area contributed by atoms with E-state index in [1.165, 1.54) is 60.3 Å². The van der Waals surface area contributed by atoms with Gasteiger partial charge in [0.15, 0.2) is 0 Å². The molecule has 1 aromatic heterocycles. The average molecular weight is 1090 g/mol. The summed E-state index contributed by atoms with van der Waals surface area (Å²) in [7, 11) is 0. The lowest BCUT2D eigenvalue weighted by Crippen LogP contribution is -2.59. The Kier molecular flexibility index (Phi) is 22.5. The Bertz CT molecular complexity index is 2920. The summed E-state index contributed by atoms with van der Waals surface area (Å²) in [6.07, 6.45) is 1.29. The number of para-hydroxylation sites is 1. The molecule has 0 unspecified atom stereocenters. The van der Waals surface area contributed by atoms with Crippen LogP contribution in [0.15, 0.2) is 109 Å². The van der Waals surface area contributed by atoms with Gasteiger partial charge in [-0.3, -0.25) is 47.9 Å². The van der Waals surface area contributed by atoms with Crippen LogP contribution in [0.5, 0.6) is 11.5 Å². The van der Waals surface area contributed by atoms with E-state index < -0.39 is 121 Å². The minimum absolute atomic E-state index is 0.0321. The number of thioether (sulfide) groups is 1. The van der Waals surface area contributed by atoms with Crippen LogP contribution in [-0.4, -0.2) is 140 Å². The molecule has 25 heteroatoms. The van der Waals surface area contributed by atoms with Gasteiger partial charge >= 0.3 is 5.97 Å². The second kappa shape index (κ2) is 29.4. The number of hydrogen-bond acceptors (Lipinski definition) is 14. The quantitative estimate of drug-likeness (QED) is 0.0257. The molecule has 7 atom stereocenters. The number of nitrogens with two attached hydrogens (primary N) is 3. The van der Waals surface area contributed by atoms with Crippen LogP contribution in [0.3, 0.4) is 0 Å². The zero-order valence-electron chi connectivity index (χ0n) is 42.4. The van der Waals surface area contributed by atoms with Crippen LogP contribution in [0.4, 0.5) is 0 Å². The fraction of sp³-hybridized carbons (Fsp3) is 0.321. The Balaban J connectivity index is 1.36. The van der Waals surface area contributed by atoms with E-state index in [9.17, 15) is 63.3 Å². The molecule has 414 valence electrons. The number of benzene rings is 4. The number of aromatic hydroxyl groups is 2. The van der Waals surface area contributed by atoms with Gasteiger partial charge in [0, 0.05) is 42.8 Å². The van der Waals surface area contributed by atoms with Gasteiger partial charge in [-0.15, -0.1) is 0 Å². The maximum absolute atomic E-state index is 14.4. The van der Waals surface area contributed by atoms with Crippen LogP contribution < -0.4 is 54.4 Å². The van der Waals surface area contributed by atoms with E-state index in [-0.39, 0.29) is 49.4 Å². The van der Waals surface area contributed by atoms with Gasteiger partial charge in [-0.2, -0.15) is 11.8 Å². The lowest BCUT2D eigenvalue weighted by molar-refractivity contribution is -0.141. The van der Waals surface area contributed by atoms with E-state index in [4.69, 9.17) is 17.2 Å². The highest BCUT2D eigenvalue weighted by atomic mass is 32.2. The number of hydrogen-bond donors (Lipinski definition) is 14. The van der Waals surface area contributed by atoms with E-state index in [1.54, 1.807) is 67.0 Å². The summed E-state index contributed by atoms with van der Waals surface area (Å²) in [5, 5.41) is 47.9. The first kappa shape index (κ1) is 59.9. The number of H-pyrrole nitrogens is 1. The van der Waals surface area contributed by atoms with Crippen LogP contribution in [-0.2, 0) is 73.6 Å². The first-order chi connectivity index (χ1) is 37.2. The van der Waals surface area contributed by atoms with Crippen molar-refractivity contribution in [2.75, 3.05) is 18.6 Å². The second-order valence-corrected chi connectivity index (χ2v) is 19.2. The van der Waals surface area contributed by atoms with Crippen molar-refractivity contribution in [2.45, 2.75) is 87.2 Å². The number of aliphatic carboxylic acids is 1. The topological polar surface area (TPSA) is 409 Å². The standard InChI is InChI=1S/C53H63N11O13S/c1-78-20-19-38(50(74)64-43(26-46(69)70)53(77)61-39(47(56)71)21-29-7-3-2-4-8-29)60-52(76)42(24-32-27-57-37-10-6-5-9-35(32)37)59-45(68)28-58-49(73)40(22-30-11-15-33(65)16-12-30)63-51(75)41(23-31-13-17-34(66)18-14-31)62-48(72)36(54)25-44(55)67/h2-18,27,36,38-43,57,65-66H,19-26,28,54H2,1H3,(H2,55,67)(H2,56,71)(H,58,73)(H,59,68)(H,60,76)(H,61,77)(H,62,72)(H,63,75)(H,64,74)(H,69,70)/t36-,38-,39-,40-,41-,42-,43-/m0/s1. The lowest BCUT2D eigenvalue weighted by atomic mass is 10.0. The molecule has 9 amide bonds. The van der Waals surface area contributed by atoms with Crippen LogP contribution >= 0.6 is 11.8 Å². The number of aromatic nitrogens is 1. The molecule has 5 aromatic rings. The Labute approximate surface area is 451 Å². The van der Waals surface area contributed by atoms with Crippen LogP contribution in [0.25, 0.3) is 10.9 Å². The van der Waals surface area contributed by atoms with Crippen molar-refractivity contribution in [1.29, 1.82) is 0 Å². The van der Waals surface area contributed by atoms with Crippen molar-refractivity contribution in [3.8, 4) is 11.5 Å². The minimum Gasteiger partial charge on any atom is -0.508 e. The number of rotatable bonds is 30. The zero-order valence-corrected chi connectivity index (χ0v) is 43.2. The number of fused-ring (bicyclic) bond motifs is 1. The van der Waals surface area contributed by atoms with Crippen LogP contribution in [0, 0.1) is 0 Å². The largest absolute Gasteiger partial charge is 0.508 e. The number of carbonyl (C=O) groups excluding carboxylic acids is 9. The molecule has 0 bridgehead atoms. The van der Waals surface area contributed by atoms with E-state index in [2.05, 4.69) is 42.2 Å². The third-order valence-electron chi connectivity index (χ3n) is 12.1. The number of aromatic amines is 1. The molecule has 0 saturated heterocycles. The molecule has 0 aliphatic carbocycles. The highest BCUT2D eigenvalue weighted by Gasteiger charge is 2.34. The number of phenols is 2. The maximum Gasteiger partial charge on any atom is 0.305 e. The molecular weight excluding hydrogens is 1030 g/mol. The van der Waals surface area contributed by atoms with Gasteiger partial charge in [0.1, 0.15) is 47.8 Å². The highest BCUT2D eigenvalue weighted by Crippen LogP contribution is 2.20. The van der Waals surface area contributed by atoms with Crippen LogP contribution in [0.1, 0.15) is 41.5 Å². The fourth-order valence-electron chi connectivity index (χ4n) is 8.06. The number of primary amides is 2. The summed E-state index contributed by atoms with van der Waals surface area (Å²) in [6, 6.07) is 16.9. The van der Waals surface area contributed by atoms with Crippen molar-refractivity contribution in [3.63, 3.8) is 0 Å². The van der Waals surface area contributed by atoms with Gasteiger partial charge in [-0.1, -0.05) is 72.8 Å². The first-order valence-electron chi connectivity index (χ1n) is 24.5. The Morgan fingerprint density at radius 2 is 1.01 bits per heavy atom. The highest BCUT2D eigenvalue weighted by molar-refractivity contribution is 7.98. The molecule has 0 fully saturated rings. The van der Waals surface area contributed by atoms with Crippen molar-refractivity contribution in [3.05, 3.63) is 132 Å². The summed E-state index contributed by atoms with van der Waals surface area (Å²) >= 11 is 1.32. The molecule has 0 aliphatic rings. The van der Waals surface area contributed by atoms with E-state index >= 15 is 0 Å². The minimum atomic E-state index is -1.73. The van der Waals surface area contributed by atoms with Gasteiger partial charge in [-0.05, 0) is 71.0 Å². The zero-order chi connectivity index (χ0) is 56.9. The summed E-state index contributed by atoms with van der Waals surface area (Å²) in [4.78, 5) is 136. The number of phenolic OH excluding ortho intramolecular Hbond substituents is 2. The molecule has 5 rings (SSSR count). The molecule has 17 N–H and O–H groups in total. The number of carboxylic acids is 1. The Hall–Kier alpha value is -8.97. The third kappa shape index (κ3) is 19.0. The van der Waals surface area contributed by atoms with E-state index in [0.717, 1.165) is 0 Å². The average Bonchev–Trinajstić information content (AvgIpc) is 3.82. The number of amides is 9. The summed E-state index contributed by atoms with van der Waals surface area (Å²) in [5.74, 6) is -9.62. The van der Waals surface area contributed by atoms with Gasteiger partial charge < -0.3 is 74.7 Å². The summed E-state index contributed by atoms with van der Waals surface area (Å²) in [5.41, 5.74) is 19.5. The second-order valence-electron chi connectivity index (χ2n) is 18.2. The molecule has 24 nitrogen and oxygen atoms in total. The van der Waals surface area contributed by atoms with Gasteiger partial charge in [-0.25, -0.2) is 0 Å². The van der Waals surface area contributed by atoms with Crippen molar-refractivity contribution >= 4 is 81.8 Å². The van der Waals surface area contributed by atoms with Gasteiger partial charge in [0.25, 0.3) is 0 Å². The SMILES string of the molecule is CSCC[C@H](NC(=O)[C@H](Cc1c[nH]c2ccccc12)NC(=O)CNC(=O)[C@H](Cc1ccc(O)cc1)NC(=O)[C@H](Cc1ccc(O)cc1)NC(=O)[C@@H](N)CC(N)=O)C(=O)N[C@@H](CC(=O)O)C(=O)N[C@@H](Cc1ccccc1)C(N)=O. The van der Waals surface area contributed by atoms with Gasteiger partial charge in [0.2, 0.25) is 53.2 Å². The monoisotopic (exact) mass is 1090 g/mol. The summed E-state index contributed by atoms with van der Waals surface area (Å²) in [6.45, 7) is -0.771. The molecule has 78 heavy (non-hydrogen) atoms. The first-order valence-corrected chi connectivity index (χ1v) is 25.9. The van der Waals surface area contributed by atoms with Crippen molar-refractivity contribution < 1.29 is 63.3 Å². The maximum atomic E-state index is 14.4. The summed E-state index contributed by atoms with van der Waals surface area (Å²) < 4.78 is 0. The lowest BCUT2D eigenvalue weighted by Gasteiger charge is -2.26. The predicted octanol–water partition coefficient (Wildman–Crippen LogP) is -1.21. The molecular formula is C53H63N11O13S. The third-order valence-corrected chi connectivity index (χ3v) is 12.8. The Morgan fingerprint density at radius 1 is 0.538 bits per heavy atom. The van der Waals surface area contributed by atoms with E-state index in [0.29, 0.717) is 33.2 Å². The molecule has 0 saturated carbocycles. The van der Waals surface area contributed by atoms with E-state index in [1.807, 2.05) is 0 Å². The molecule has 4 aromatic carbocycles. The number of nitrogens with one attached hydrogen (secondary N) is 8. The smallest absolute Gasteiger partial charge is 0.305 e. The predicted molar refractivity (Wildman–Crippen MR) is 287 cm³/mol. The normalized spacial score (nSPS) is 13.7. The van der Waals surface area contributed by atoms with Crippen molar-refractivity contribution in [1.82, 2.24) is 42.2 Å². The molecule has 0 radical (unpaired) electrons. The van der Waals surface area contributed by atoms with Gasteiger partial charge in [0.05, 0.1) is 25.4 Å². The molecule has 1 heterocycles. The molecule has 0 spiro atoms. The van der Waals surface area contributed by atoms with Crippen LogP contribution in [0.2, 0.25) is 0 Å². The number of carbonyl (C=O) groups is 10. The Morgan fingerprint density at radius 3 is 1.59 bits per heavy atom. The fourth-order valence-corrected chi connectivity index (χ4v) is 8.53. The number of carboxylic acid groups (broad SMARTS) is 1. The molecule has 0 aliphatic heterocycles. The van der Waals surface area contributed by atoms with Crippen molar-refractivity contribution in [2.24, 2.45) is 17.2 Å².